The monoisotopic (exact) mass is 432 g/mol. The van der Waals surface area contributed by atoms with Gasteiger partial charge < -0.3 is 20.3 Å². The molecule has 1 aliphatic heterocycles. The van der Waals surface area contributed by atoms with E-state index in [2.05, 4.69) is 57.8 Å². The van der Waals surface area contributed by atoms with E-state index in [1.807, 2.05) is 19.3 Å². The van der Waals surface area contributed by atoms with Gasteiger partial charge in [-0.25, -0.2) is 9.97 Å². The number of nitrogens with zero attached hydrogens (tertiary/aromatic N) is 4. The molecule has 3 N–H and O–H groups in total. The molecule has 0 spiro atoms. The van der Waals surface area contributed by atoms with Crippen molar-refractivity contribution in [2.24, 2.45) is 0 Å². The third-order valence-corrected chi connectivity index (χ3v) is 6.10. The Morgan fingerprint density at radius 1 is 1.28 bits per heavy atom. The van der Waals surface area contributed by atoms with Crippen molar-refractivity contribution in [2.75, 3.05) is 11.9 Å². The Morgan fingerprint density at radius 3 is 2.72 bits per heavy atom. The lowest BCUT2D eigenvalue weighted by Gasteiger charge is -2.22. The summed E-state index contributed by atoms with van der Waals surface area (Å²) in [4.78, 5) is 27.0. The zero-order chi connectivity index (χ0) is 22.6. The van der Waals surface area contributed by atoms with Crippen LogP contribution in [0.15, 0.2) is 36.7 Å². The van der Waals surface area contributed by atoms with Crippen molar-refractivity contribution in [3.05, 3.63) is 48.0 Å². The second kappa shape index (κ2) is 7.63. The van der Waals surface area contributed by atoms with Gasteiger partial charge in [-0.3, -0.25) is 9.20 Å². The van der Waals surface area contributed by atoms with Crippen LogP contribution < -0.4 is 5.32 Å². The fourth-order valence-corrected chi connectivity index (χ4v) is 4.71. The van der Waals surface area contributed by atoms with Crippen molar-refractivity contribution in [3.8, 4) is 11.3 Å². The smallest absolute Gasteiger partial charge is 0.220 e. The SMILES string of the molecule is CC(=O)N1CC(O)CC1c1nc(-c2ccc(NC(C)C)cc2)c2cnc3[nH]cc(C)c3n12. The fourth-order valence-electron chi connectivity index (χ4n) is 4.71. The number of benzene rings is 1. The maximum Gasteiger partial charge on any atom is 0.220 e. The number of aromatic nitrogens is 4. The third-order valence-electron chi connectivity index (χ3n) is 6.10. The molecule has 5 rings (SSSR count). The number of β-amino-alcohol motifs (C(OH)–C–C–N with tert-alkyl or cyclic N) is 1. The minimum absolute atomic E-state index is 0.0648. The summed E-state index contributed by atoms with van der Waals surface area (Å²) in [5.74, 6) is 0.686. The maximum atomic E-state index is 12.3. The molecule has 8 nitrogen and oxygen atoms in total. The number of rotatable bonds is 4. The number of H-pyrrole nitrogens is 1. The number of imidazole rings is 1. The molecule has 0 radical (unpaired) electrons. The molecular formula is C24H28N6O2. The summed E-state index contributed by atoms with van der Waals surface area (Å²) in [5, 5.41) is 13.8. The van der Waals surface area contributed by atoms with E-state index in [0.29, 0.717) is 19.0 Å². The quantitative estimate of drug-likeness (QED) is 0.457. The molecule has 0 aliphatic carbocycles. The van der Waals surface area contributed by atoms with Crippen molar-refractivity contribution >= 4 is 28.3 Å². The molecule has 0 saturated carbocycles. The molecule has 32 heavy (non-hydrogen) atoms. The fraction of sp³-hybridized carbons (Fsp3) is 0.375. The number of hydrogen-bond donors (Lipinski definition) is 3. The van der Waals surface area contributed by atoms with E-state index >= 15 is 0 Å². The van der Waals surface area contributed by atoms with Gasteiger partial charge in [0.25, 0.3) is 0 Å². The van der Waals surface area contributed by atoms with Gasteiger partial charge in [0.05, 0.1) is 35.1 Å². The highest BCUT2D eigenvalue weighted by atomic mass is 16.3. The van der Waals surface area contributed by atoms with Crippen LogP contribution in [0.5, 0.6) is 0 Å². The average Bonchev–Trinajstić information content (AvgIpc) is 3.43. The summed E-state index contributed by atoms with van der Waals surface area (Å²) in [6.45, 7) is 8.11. The third kappa shape index (κ3) is 3.31. The summed E-state index contributed by atoms with van der Waals surface area (Å²) in [6.07, 6.45) is 3.65. The first-order valence-corrected chi connectivity index (χ1v) is 11.0. The maximum absolute atomic E-state index is 12.3. The summed E-state index contributed by atoms with van der Waals surface area (Å²) < 4.78 is 2.10. The summed E-state index contributed by atoms with van der Waals surface area (Å²) >= 11 is 0. The number of nitrogens with one attached hydrogen (secondary N) is 2. The molecule has 4 heterocycles. The van der Waals surface area contributed by atoms with Gasteiger partial charge in [0.2, 0.25) is 5.91 Å². The Labute approximate surface area is 186 Å². The predicted molar refractivity (Wildman–Crippen MR) is 125 cm³/mol. The van der Waals surface area contributed by atoms with Gasteiger partial charge >= 0.3 is 0 Å². The second-order valence-corrected chi connectivity index (χ2v) is 8.92. The van der Waals surface area contributed by atoms with Crippen LogP contribution in [0.2, 0.25) is 0 Å². The first-order chi connectivity index (χ1) is 15.3. The Bertz CT molecular complexity index is 1300. The highest BCUT2D eigenvalue weighted by molar-refractivity contribution is 5.86. The van der Waals surface area contributed by atoms with Gasteiger partial charge in [-0.05, 0) is 38.5 Å². The topological polar surface area (TPSA) is 98.6 Å². The highest BCUT2D eigenvalue weighted by Gasteiger charge is 2.37. The standard InChI is InChI=1S/C24H28N6O2/c1-13(2)27-17-7-5-16(6-8-17)21-20-11-26-23-22(14(3)10-25-23)30(20)24(28-21)19-9-18(32)12-29(19)15(4)31/h5-8,10-11,13,18-19,25,27,32H,9,12H2,1-4H3. The van der Waals surface area contributed by atoms with Crippen molar-refractivity contribution in [3.63, 3.8) is 0 Å². The lowest BCUT2D eigenvalue weighted by atomic mass is 10.1. The van der Waals surface area contributed by atoms with E-state index in [0.717, 1.165) is 45.0 Å². The van der Waals surface area contributed by atoms with Crippen molar-refractivity contribution in [1.82, 2.24) is 24.3 Å². The largest absolute Gasteiger partial charge is 0.391 e. The molecule has 8 heteroatoms. The lowest BCUT2D eigenvalue weighted by Crippen LogP contribution is -2.30. The van der Waals surface area contributed by atoms with Crippen LogP contribution in [0, 0.1) is 6.92 Å². The molecular weight excluding hydrogens is 404 g/mol. The molecule has 2 unspecified atom stereocenters. The number of aliphatic hydroxyl groups is 1. The summed E-state index contributed by atoms with van der Waals surface area (Å²) in [5.41, 5.74) is 6.48. The minimum atomic E-state index is -0.564. The van der Waals surface area contributed by atoms with Crippen LogP contribution >= 0.6 is 0 Å². The summed E-state index contributed by atoms with van der Waals surface area (Å²) in [6, 6.07) is 8.25. The highest BCUT2D eigenvalue weighted by Crippen LogP contribution is 2.37. The minimum Gasteiger partial charge on any atom is -0.391 e. The van der Waals surface area contributed by atoms with Gasteiger partial charge in [0, 0.05) is 43.4 Å². The number of amides is 1. The Kier molecular flexibility index (Phi) is 4.89. The molecule has 1 amide bonds. The molecule has 2 atom stereocenters. The van der Waals surface area contributed by atoms with E-state index in [4.69, 9.17) is 4.98 Å². The number of carbonyl (C=O) groups excluding carboxylic acids is 1. The number of hydrogen-bond acceptors (Lipinski definition) is 5. The lowest BCUT2D eigenvalue weighted by molar-refractivity contribution is -0.130. The number of likely N-dealkylation sites (tertiary alicyclic amines) is 1. The number of aryl methyl sites for hydroxylation is 1. The van der Waals surface area contributed by atoms with Crippen LogP contribution in [0.25, 0.3) is 27.9 Å². The predicted octanol–water partition coefficient (Wildman–Crippen LogP) is 3.66. The first kappa shape index (κ1) is 20.5. The van der Waals surface area contributed by atoms with Crippen LogP contribution in [0.4, 0.5) is 5.69 Å². The molecule has 4 aromatic rings. The molecule has 1 aromatic carbocycles. The number of anilines is 1. The van der Waals surface area contributed by atoms with E-state index < -0.39 is 6.10 Å². The Morgan fingerprint density at radius 2 is 2.03 bits per heavy atom. The molecule has 166 valence electrons. The molecule has 3 aromatic heterocycles. The first-order valence-electron chi connectivity index (χ1n) is 11.0. The van der Waals surface area contributed by atoms with Crippen LogP contribution in [0.1, 0.15) is 44.6 Å². The average molecular weight is 433 g/mol. The number of fused-ring (bicyclic) bond motifs is 3. The van der Waals surface area contributed by atoms with Gasteiger partial charge in [-0.15, -0.1) is 0 Å². The van der Waals surface area contributed by atoms with E-state index in [-0.39, 0.29) is 11.9 Å². The molecule has 0 bridgehead atoms. The second-order valence-electron chi connectivity index (χ2n) is 8.92. The van der Waals surface area contributed by atoms with Crippen LogP contribution in [0.3, 0.4) is 0 Å². The van der Waals surface area contributed by atoms with Gasteiger partial charge in [-0.1, -0.05) is 12.1 Å². The van der Waals surface area contributed by atoms with E-state index in [9.17, 15) is 9.90 Å². The normalized spacial score (nSPS) is 18.9. The van der Waals surface area contributed by atoms with Gasteiger partial charge in [0.15, 0.2) is 5.65 Å². The van der Waals surface area contributed by atoms with E-state index in [1.54, 1.807) is 11.8 Å². The van der Waals surface area contributed by atoms with Crippen molar-refractivity contribution in [1.29, 1.82) is 0 Å². The molecule has 1 fully saturated rings. The number of aromatic amines is 1. The van der Waals surface area contributed by atoms with Crippen molar-refractivity contribution < 1.29 is 9.90 Å². The molecule has 1 saturated heterocycles. The number of carbonyl (C=O) groups is 1. The Balaban J connectivity index is 1.73. The zero-order valence-corrected chi connectivity index (χ0v) is 18.8. The zero-order valence-electron chi connectivity index (χ0n) is 18.8. The summed E-state index contributed by atoms with van der Waals surface area (Å²) in [7, 11) is 0. The molecule has 1 aliphatic rings. The van der Waals surface area contributed by atoms with Crippen LogP contribution in [-0.2, 0) is 4.79 Å². The number of aliphatic hydroxyl groups excluding tert-OH is 1. The van der Waals surface area contributed by atoms with Crippen LogP contribution in [-0.4, -0.2) is 54.0 Å². The Hall–Kier alpha value is -3.39. The van der Waals surface area contributed by atoms with Gasteiger partial charge in [0.1, 0.15) is 5.82 Å². The van der Waals surface area contributed by atoms with Crippen molar-refractivity contribution in [2.45, 2.75) is 52.3 Å². The van der Waals surface area contributed by atoms with Gasteiger partial charge in [-0.2, -0.15) is 0 Å². The van der Waals surface area contributed by atoms with E-state index in [1.165, 1.54) is 0 Å².